The van der Waals surface area contributed by atoms with Crippen molar-refractivity contribution in [2.45, 2.75) is 50.2 Å². The third-order valence-corrected chi connectivity index (χ3v) is 6.43. The summed E-state index contributed by atoms with van der Waals surface area (Å²) in [6.07, 6.45) is 1.54. The Hall–Kier alpha value is -2.01. The van der Waals surface area contributed by atoms with Gasteiger partial charge in [0.05, 0.1) is 16.7 Å². The van der Waals surface area contributed by atoms with E-state index < -0.39 is 21.5 Å². The number of amides is 1. The summed E-state index contributed by atoms with van der Waals surface area (Å²) in [6, 6.07) is 4.07. The lowest BCUT2D eigenvalue weighted by Crippen LogP contribution is -2.42. The van der Waals surface area contributed by atoms with Gasteiger partial charge in [-0.1, -0.05) is 16.8 Å². The van der Waals surface area contributed by atoms with Crippen LogP contribution < -0.4 is 10.0 Å². The fourth-order valence-electron chi connectivity index (χ4n) is 2.90. The summed E-state index contributed by atoms with van der Waals surface area (Å²) in [5.41, 5.74) is -0.786. The van der Waals surface area contributed by atoms with Gasteiger partial charge in [-0.25, -0.2) is 13.1 Å². The molecule has 1 amide bonds. The Morgan fingerprint density at radius 2 is 2.14 bits per heavy atom. The standard InChI is InChI=1S/C18H23ClN4O5S/c1-11-21-17(23-28-11)18(2,3)22-16(24)12-6-7-14(19)15(9-12)29(25,26)20-10-13-5-4-8-27-13/h6-7,9,13,20H,4-5,8,10H2,1-3H3,(H,22,24). The maximum atomic E-state index is 12.7. The molecule has 1 saturated heterocycles. The second-order valence-corrected chi connectivity index (χ2v) is 9.49. The van der Waals surface area contributed by atoms with Gasteiger partial charge in [-0.2, -0.15) is 4.98 Å². The highest BCUT2D eigenvalue weighted by Crippen LogP contribution is 2.24. The van der Waals surface area contributed by atoms with Gasteiger partial charge in [0.1, 0.15) is 4.90 Å². The molecular formula is C18H23ClN4O5S. The maximum Gasteiger partial charge on any atom is 0.252 e. The first kappa shape index (κ1) is 21.7. The average molecular weight is 443 g/mol. The first-order valence-corrected chi connectivity index (χ1v) is 11.0. The number of aryl methyl sites for hydroxylation is 1. The van der Waals surface area contributed by atoms with Crippen molar-refractivity contribution in [3.8, 4) is 0 Å². The third-order valence-electron chi connectivity index (χ3n) is 4.52. The van der Waals surface area contributed by atoms with Crippen LogP contribution in [0.1, 0.15) is 48.8 Å². The summed E-state index contributed by atoms with van der Waals surface area (Å²) in [5, 5.41) is 6.62. The molecule has 9 nitrogen and oxygen atoms in total. The fourth-order valence-corrected chi connectivity index (χ4v) is 4.49. The van der Waals surface area contributed by atoms with E-state index in [1.165, 1.54) is 18.2 Å². The van der Waals surface area contributed by atoms with Crippen molar-refractivity contribution in [2.24, 2.45) is 0 Å². The maximum absolute atomic E-state index is 12.7. The minimum atomic E-state index is -3.91. The molecular weight excluding hydrogens is 420 g/mol. The fraction of sp³-hybridized carbons (Fsp3) is 0.500. The minimum Gasteiger partial charge on any atom is -0.377 e. The smallest absolute Gasteiger partial charge is 0.252 e. The van der Waals surface area contributed by atoms with Crippen LogP contribution in [0.5, 0.6) is 0 Å². The highest BCUT2D eigenvalue weighted by atomic mass is 35.5. The minimum absolute atomic E-state index is 0.0226. The molecule has 1 aliphatic heterocycles. The molecule has 2 aromatic rings. The molecule has 1 aromatic heterocycles. The highest BCUT2D eigenvalue weighted by molar-refractivity contribution is 7.89. The van der Waals surface area contributed by atoms with Crippen molar-refractivity contribution >= 4 is 27.5 Å². The molecule has 1 aliphatic rings. The molecule has 2 N–H and O–H groups in total. The molecule has 2 heterocycles. The summed E-state index contributed by atoms with van der Waals surface area (Å²) < 4.78 is 38.2. The Morgan fingerprint density at radius 1 is 1.38 bits per heavy atom. The van der Waals surface area contributed by atoms with Crippen molar-refractivity contribution in [1.82, 2.24) is 20.2 Å². The third kappa shape index (κ3) is 5.13. The van der Waals surface area contributed by atoms with E-state index in [2.05, 4.69) is 20.2 Å². The Morgan fingerprint density at radius 3 is 2.76 bits per heavy atom. The normalized spacial score (nSPS) is 17.4. The number of nitrogens with one attached hydrogen (secondary N) is 2. The number of nitrogens with zero attached hydrogens (tertiary/aromatic N) is 2. The molecule has 29 heavy (non-hydrogen) atoms. The van der Waals surface area contributed by atoms with E-state index in [0.29, 0.717) is 18.3 Å². The summed E-state index contributed by atoms with van der Waals surface area (Å²) >= 11 is 6.10. The van der Waals surface area contributed by atoms with Crippen LogP contribution in [0.4, 0.5) is 0 Å². The first-order chi connectivity index (χ1) is 13.6. The zero-order valence-electron chi connectivity index (χ0n) is 16.4. The van der Waals surface area contributed by atoms with Crippen LogP contribution in [0.2, 0.25) is 5.02 Å². The largest absolute Gasteiger partial charge is 0.377 e. The molecule has 1 unspecified atom stereocenters. The molecule has 0 aliphatic carbocycles. The Labute approximate surface area is 174 Å². The zero-order chi connectivity index (χ0) is 21.2. The van der Waals surface area contributed by atoms with Crippen LogP contribution in [-0.2, 0) is 20.3 Å². The monoisotopic (exact) mass is 442 g/mol. The summed E-state index contributed by atoms with van der Waals surface area (Å²) in [5.74, 6) is 0.188. The van der Waals surface area contributed by atoms with Crippen LogP contribution in [0, 0.1) is 6.92 Å². The van der Waals surface area contributed by atoms with Crippen LogP contribution in [0.25, 0.3) is 0 Å². The van der Waals surface area contributed by atoms with Gasteiger partial charge < -0.3 is 14.6 Å². The van der Waals surface area contributed by atoms with Crippen molar-refractivity contribution < 1.29 is 22.5 Å². The number of halogens is 1. The summed E-state index contributed by atoms with van der Waals surface area (Å²) in [7, 11) is -3.91. The second-order valence-electron chi connectivity index (χ2n) is 7.35. The van der Waals surface area contributed by atoms with Gasteiger partial charge in [0.25, 0.3) is 5.91 Å². The Bertz CT molecular complexity index is 999. The van der Waals surface area contributed by atoms with Crippen LogP contribution in [0.15, 0.2) is 27.6 Å². The van der Waals surface area contributed by atoms with Crippen LogP contribution in [0.3, 0.4) is 0 Å². The lowest BCUT2D eigenvalue weighted by Gasteiger charge is -2.22. The van der Waals surface area contributed by atoms with Gasteiger partial charge in [0.15, 0.2) is 5.82 Å². The summed E-state index contributed by atoms with van der Waals surface area (Å²) in [6.45, 7) is 5.85. The number of hydrogen-bond donors (Lipinski definition) is 2. The van der Waals surface area contributed by atoms with Crippen molar-refractivity contribution in [2.75, 3.05) is 13.2 Å². The Kier molecular flexibility index (Phi) is 6.27. The topological polar surface area (TPSA) is 123 Å². The molecule has 0 spiro atoms. The van der Waals surface area contributed by atoms with E-state index in [4.69, 9.17) is 20.9 Å². The number of sulfonamides is 1. The molecule has 1 fully saturated rings. The highest BCUT2D eigenvalue weighted by Gasteiger charge is 2.30. The lowest BCUT2D eigenvalue weighted by molar-refractivity contribution is 0.0907. The molecule has 11 heteroatoms. The molecule has 0 radical (unpaired) electrons. The number of ether oxygens (including phenoxy) is 1. The molecule has 1 atom stereocenters. The number of aromatic nitrogens is 2. The predicted octanol–water partition coefficient (Wildman–Crippen LogP) is 2.15. The number of rotatable bonds is 7. The van der Waals surface area contributed by atoms with Gasteiger partial charge in [-0.15, -0.1) is 0 Å². The zero-order valence-corrected chi connectivity index (χ0v) is 17.9. The summed E-state index contributed by atoms with van der Waals surface area (Å²) in [4.78, 5) is 16.7. The van der Waals surface area contributed by atoms with Gasteiger partial charge in [0, 0.05) is 25.6 Å². The van der Waals surface area contributed by atoms with E-state index in [0.717, 1.165) is 12.8 Å². The average Bonchev–Trinajstić information content (AvgIpc) is 3.31. The van der Waals surface area contributed by atoms with Gasteiger partial charge in [-0.3, -0.25) is 4.79 Å². The number of benzene rings is 1. The number of carbonyl (C=O) groups excluding carboxylic acids is 1. The van der Waals surface area contributed by atoms with Gasteiger partial charge in [0.2, 0.25) is 15.9 Å². The Balaban J connectivity index is 1.77. The van der Waals surface area contributed by atoms with E-state index in [-0.39, 0.29) is 28.1 Å². The van der Waals surface area contributed by atoms with Gasteiger partial charge >= 0.3 is 0 Å². The SMILES string of the molecule is Cc1nc(C(C)(C)NC(=O)c2ccc(Cl)c(S(=O)(=O)NCC3CCCO3)c2)no1. The molecule has 158 valence electrons. The second kappa shape index (κ2) is 8.39. The van der Waals surface area contributed by atoms with E-state index in [9.17, 15) is 13.2 Å². The lowest BCUT2D eigenvalue weighted by atomic mass is 10.0. The van der Waals surface area contributed by atoms with E-state index >= 15 is 0 Å². The number of hydrogen-bond acceptors (Lipinski definition) is 7. The van der Waals surface area contributed by atoms with Crippen molar-refractivity contribution in [3.63, 3.8) is 0 Å². The predicted molar refractivity (Wildman–Crippen MR) is 105 cm³/mol. The quantitative estimate of drug-likeness (QED) is 0.673. The molecule has 0 saturated carbocycles. The molecule has 0 bridgehead atoms. The van der Waals surface area contributed by atoms with Crippen LogP contribution in [-0.4, -0.2) is 43.7 Å². The first-order valence-electron chi connectivity index (χ1n) is 9.12. The van der Waals surface area contributed by atoms with Crippen LogP contribution >= 0.6 is 11.6 Å². The van der Waals surface area contributed by atoms with E-state index in [1.807, 2.05) is 0 Å². The molecule has 3 rings (SSSR count). The van der Waals surface area contributed by atoms with Crippen molar-refractivity contribution in [1.29, 1.82) is 0 Å². The van der Waals surface area contributed by atoms with Gasteiger partial charge in [-0.05, 0) is 44.9 Å². The van der Waals surface area contributed by atoms with E-state index in [1.54, 1.807) is 20.8 Å². The van der Waals surface area contributed by atoms with Crippen molar-refractivity contribution in [3.05, 3.63) is 40.5 Å². The molecule has 1 aromatic carbocycles. The number of carbonyl (C=O) groups is 1.